The third-order valence-corrected chi connectivity index (χ3v) is 4.70. The highest BCUT2D eigenvalue weighted by Gasteiger charge is 2.22. The molecular formula is C21H21ClN2O3. The Balaban J connectivity index is 1.74. The Bertz CT molecular complexity index is 879. The molecular weight excluding hydrogens is 364 g/mol. The smallest absolute Gasteiger partial charge is 0.252 e. The van der Waals surface area contributed by atoms with Gasteiger partial charge in [0.05, 0.1) is 0 Å². The number of nitrogens with zero attached hydrogens (tertiary/aromatic N) is 1. The Hall–Kier alpha value is -2.63. The first-order valence-electron chi connectivity index (χ1n) is 8.74. The van der Waals surface area contributed by atoms with Crippen LogP contribution in [0.4, 0.5) is 11.4 Å². The topological polar surface area (TPSA) is 58.6 Å². The molecule has 0 unspecified atom stereocenters. The highest BCUT2D eigenvalue weighted by molar-refractivity contribution is 6.32. The number of aryl methyl sites for hydroxylation is 1. The van der Waals surface area contributed by atoms with E-state index in [4.69, 9.17) is 16.3 Å². The van der Waals surface area contributed by atoms with Gasteiger partial charge in [0.1, 0.15) is 6.61 Å². The van der Waals surface area contributed by atoms with Crippen LogP contribution in [0.15, 0.2) is 48.5 Å². The van der Waals surface area contributed by atoms with Crippen LogP contribution in [0.2, 0.25) is 5.02 Å². The lowest BCUT2D eigenvalue weighted by Crippen LogP contribution is -2.37. The zero-order chi connectivity index (χ0) is 19.2. The molecule has 5 nitrogen and oxygen atoms in total. The van der Waals surface area contributed by atoms with Crippen molar-refractivity contribution in [3.8, 4) is 0 Å². The number of hydrogen-bond acceptors (Lipinski definition) is 3. The fourth-order valence-corrected chi connectivity index (χ4v) is 3.27. The van der Waals surface area contributed by atoms with Gasteiger partial charge in [-0.1, -0.05) is 35.9 Å². The van der Waals surface area contributed by atoms with E-state index >= 15 is 0 Å². The van der Waals surface area contributed by atoms with Crippen LogP contribution < -0.4 is 10.2 Å². The highest BCUT2D eigenvalue weighted by atomic mass is 35.5. The van der Waals surface area contributed by atoms with E-state index in [1.807, 2.05) is 36.4 Å². The summed E-state index contributed by atoms with van der Waals surface area (Å²) in [7, 11) is 1.50. The normalized spacial score (nSPS) is 13.5. The quantitative estimate of drug-likeness (QED) is 0.795. The molecule has 27 heavy (non-hydrogen) atoms. The zero-order valence-corrected chi connectivity index (χ0v) is 15.8. The lowest BCUT2D eigenvalue weighted by Gasteiger charge is -2.29. The average molecular weight is 385 g/mol. The molecule has 6 heteroatoms. The Kier molecular flexibility index (Phi) is 6.27. The molecule has 0 aliphatic carbocycles. The van der Waals surface area contributed by atoms with Gasteiger partial charge in [0.15, 0.2) is 0 Å². The second-order valence-corrected chi connectivity index (χ2v) is 6.68. The maximum atomic E-state index is 12.3. The van der Waals surface area contributed by atoms with Gasteiger partial charge in [-0.05, 0) is 48.2 Å². The molecule has 0 spiro atoms. The monoisotopic (exact) mass is 384 g/mol. The fourth-order valence-electron chi connectivity index (χ4n) is 3.07. The summed E-state index contributed by atoms with van der Waals surface area (Å²) in [5.41, 5.74) is 3.34. The van der Waals surface area contributed by atoms with Gasteiger partial charge < -0.3 is 15.0 Å². The molecule has 2 amide bonds. The lowest BCUT2D eigenvalue weighted by atomic mass is 10.0. The molecule has 0 atom stereocenters. The van der Waals surface area contributed by atoms with Crippen LogP contribution in [-0.4, -0.2) is 32.1 Å². The first kappa shape index (κ1) is 19.1. The number of amides is 2. The van der Waals surface area contributed by atoms with Gasteiger partial charge in [-0.2, -0.15) is 0 Å². The molecule has 0 aromatic heterocycles. The van der Waals surface area contributed by atoms with Gasteiger partial charge in [-0.25, -0.2) is 0 Å². The highest BCUT2D eigenvalue weighted by Crippen LogP contribution is 2.30. The largest absolute Gasteiger partial charge is 0.375 e. The lowest BCUT2D eigenvalue weighted by molar-refractivity contribution is -0.122. The predicted molar refractivity (Wildman–Crippen MR) is 108 cm³/mol. The van der Waals surface area contributed by atoms with Crippen molar-refractivity contribution in [1.82, 2.24) is 0 Å². The molecule has 1 aliphatic heterocycles. The molecule has 1 aliphatic rings. The van der Waals surface area contributed by atoms with Crippen molar-refractivity contribution >= 4 is 40.9 Å². The number of benzene rings is 2. The Morgan fingerprint density at radius 1 is 1.26 bits per heavy atom. The van der Waals surface area contributed by atoms with Gasteiger partial charge >= 0.3 is 0 Å². The third-order valence-electron chi connectivity index (χ3n) is 4.36. The number of methoxy groups -OCH3 is 1. The number of hydrogen-bond donors (Lipinski definition) is 1. The van der Waals surface area contributed by atoms with E-state index in [-0.39, 0.29) is 18.4 Å². The number of halogens is 1. The minimum absolute atomic E-state index is 0.0383. The van der Waals surface area contributed by atoms with Gasteiger partial charge in [0, 0.05) is 36.1 Å². The number of nitrogens with one attached hydrogen (secondary N) is 1. The number of carbonyl (C=O) groups is 2. The summed E-state index contributed by atoms with van der Waals surface area (Å²) < 4.78 is 4.97. The molecule has 1 N–H and O–H groups in total. The molecule has 3 rings (SSSR count). The van der Waals surface area contributed by atoms with Gasteiger partial charge in [-0.15, -0.1) is 0 Å². The molecule has 0 bridgehead atoms. The van der Waals surface area contributed by atoms with E-state index in [1.54, 1.807) is 17.0 Å². The van der Waals surface area contributed by atoms with Gasteiger partial charge in [0.2, 0.25) is 5.91 Å². The molecule has 2 aromatic rings. The minimum Gasteiger partial charge on any atom is -0.375 e. The average Bonchev–Trinajstić information content (AvgIpc) is 2.67. The second kappa shape index (κ2) is 8.84. The van der Waals surface area contributed by atoms with Crippen LogP contribution in [0.1, 0.15) is 17.5 Å². The first-order valence-corrected chi connectivity index (χ1v) is 9.12. The maximum Gasteiger partial charge on any atom is 0.252 e. The maximum absolute atomic E-state index is 12.3. The van der Waals surface area contributed by atoms with Crippen LogP contribution in [0.5, 0.6) is 0 Å². The van der Waals surface area contributed by atoms with E-state index in [0.29, 0.717) is 17.3 Å². The summed E-state index contributed by atoms with van der Waals surface area (Å²) in [5, 5.41) is 3.42. The van der Waals surface area contributed by atoms with Crippen molar-refractivity contribution in [3.63, 3.8) is 0 Å². The molecule has 140 valence electrons. The van der Waals surface area contributed by atoms with Crippen molar-refractivity contribution in [2.45, 2.75) is 12.8 Å². The predicted octanol–water partition coefficient (Wildman–Crippen LogP) is 3.92. The number of carbonyl (C=O) groups excluding carboxylic acids is 2. The van der Waals surface area contributed by atoms with Gasteiger partial charge in [0.25, 0.3) is 5.91 Å². The van der Waals surface area contributed by atoms with Crippen LogP contribution in [0.25, 0.3) is 6.08 Å². The SMILES string of the molecule is COCC(=O)N1CCCc2ccc(NC(=O)C=Cc3ccccc3Cl)cc21. The summed E-state index contributed by atoms with van der Waals surface area (Å²) in [6, 6.07) is 12.9. The van der Waals surface area contributed by atoms with Crippen molar-refractivity contribution in [1.29, 1.82) is 0 Å². The summed E-state index contributed by atoms with van der Waals surface area (Å²) in [6.45, 7) is 0.690. The number of anilines is 2. The van der Waals surface area contributed by atoms with Gasteiger partial charge in [-0.3, -0.25) is 9.59 Å². The summed E-state index contributed by atoms with van der Waals surface area (Å²) in [4.78, 5) is 26.2. The number of ether oxygens (including phenoxy) is 1. The summed E-state index contributed by atoms with van der Waals surface area (Å²) in [6.07, 6.45) is 4.93. The fraction of sp³-hybridized carbons (Fsp3) is 0.238. The summed E-state index contributed by atoms with van der Waals surface area (Å²) in [5.74, 6) is -0.346. The Labute approximate surface area is 163 Å². The van der Waals surface area contributed by atoms with E-state index in [9.17, 15) is 9.59 Å². The van der Waals surface area contributed by atoms with Crippen molar-refractivity contribution in [2.24, 2.45) is 0 Å². The molecule has 0 fully saturated rings. The van der Waals surface area contributed by atoms with E-state index in [0.717, 1.165) is 29.7 Å². The Morgan fingerprint density at radius 2 is 2.07 bits per heavy atom. The molecule has 2 aromatic carbocycles. The Morgan fingerprint density at radius 3 is 2.85 bits per heavy atom. The standard InChI is InChI=1S/C21H21ClN2O3/c1-27-14-21(26)24-12-4-6-16-8-10-17(13-19(16)24)23-20(25)11-9-15-5-2-3-7-18(15)22/h2-3,5,7-11,13H,4,6,12,14H2,1H3,(H,23,25). The van der Waals surface area contributed by atoms with E-state index in [2.05, 4.69) is 5.32 Å². The van der Waals surface area contributed by atoms with Crippen molar-refractivity contribution in [2.75, 3.05) is 30.5 Å². The van der Waals surface area contributed by atoms with Crippen LogP contribution >= 0.6 is 11.6 Å². The molecule has 1 heterocycles. The van der Waals surface area contributed by atoms with Crippen LogP contribution in [-0.2, 0) is 20.7 Å². The first-order chi connectivity index (χ1) is 13.1. The third kappa shape index (κ3) is 4.76. The molecule has 0 radical (unpaired) electrons. The van der Waals surface area contributed by atoms with Crippen LogP contribution in [0.3, 0.4) is 0 Å². The van der Waals surface area contributed by atoms with Crippen LogP contribution in [0, 0.1) is 0 Å². The van der Waals surface area contributed by atoms with Crippen molar-refractivity contribution in [3.05, 3.63) is 64.7 Å². The summed E-state index contributed by atoms with van der Waals surface area (Å²) >= 11 is 6.09. The number of fused-ring (bicyclic) bond motifs is 1. The molecule has 0 saturated heterocycles. The molecule has 0 saturated carbocycles. The van der Waals surface area contributed by atoms with E-state index in [1.165, 1.54) is 13.2 Å². The zero-order valence-electron chi connectivity index (χ0n) is 15.1. The minimum atomic E-state index is -0.263. The van der Waals surface area contributed by atoms with E-state index < -0.39 is 0 Å². The van der Waals surface area contributed by atoms with Crippen molar-refractivity contribution < 1.29 is 14.3 Å². The second-order valence-electron chi connectivity index (χ2n) is 6.27. The number of rotatable bonds is 5.